The first kappa shape index (κ1) is 21.3. The third-order valence-corrected chi connectivity index (χ3v) is 4.31. The normalized spacial score (nSPS) is 46.8. The molecule has 0 saturated carbocycles. The summed E-state index contributed by atoms with van der Waals surface area (Å²) in [4.78, 5) is 11.3. The van der Waals surface area contributed by atoms with E-state index >= 15 is 0 Å². The smallest absolute Gasteiger partial charge is 0.233 e. The summed E-state index contributed by atoms with van der Waals surface area (Å²) < 4.78 is 42.4. The Kier molecular flexibility index (Phi) is 7.21. The Hall–Kier alpha value is -0.990. The SMILES string of the molecule is CC(=O)N[C@H]1[C@H](O[C@H]2[C@H](O)[C@@H](F)[C@H](F)O[C@@H]2CO)O[C@H](CO)[C@@H](O)[C@@H]1O. The molecule has 12 heteroatoms. The van der Waals surface area contributed by atoms with E-state index in [2.05, 4.69) is 10.1 Å². The number of halogens is 2. The lowest BCUT2D eigenvalue weighted by Gasteiger charge is -2.46. The van der Waals surface area contributed by atoms with Crippen molar-refractivity contribution in [3.05, 3.63) is 0 Å². The van der Waals surface area contributed by atoms with Crippen molar-refractivity contribution >= 4 is 5.91 Å². The molecule has 1 amide bonds. The average molecular weight is 387 g/mol. The van der Waals surface area contributed by atoms with Crippen LogP contribution < -0.4 is 5.32 Å². The van der Waals surface area contributed by atoms with Crippen LogP contribution in [0.2, 0.25) is 0 Å². The maximum Gasteiger partial charge on any atom is 0.233 e. The van der Waals surface area contributed by atoms with Gasteiger partial charge in [-0.25, -0.2) is 8.78 Å². The zero-order valence-corrected chi connectivity index (χ0v) is 13.8. The number of hydrogen-bond acceptors (Lipinski definition) is 9. The molecule has 0 aromatic carbocycles. The molecule has 0 aromatic rings. The number of nitrogens with one attached hydrogen (secondary N) is 1. The predicted octanol–water partition coefficient (Wildman–Crippen LogP) is -3.30. The average Bonchev–Trinajstić information content (AvgIpc) is 2.60. The number of carbonyl (C=O) groups excluding carboxylic acids is 1. The minimum absolute atomic E-state index is 0.618. The zero-order valence-electron chi connectivity index (χ0n) is 13.8. The van der Waals surface area contributed by atoms with Crippen molar-refractivity contribution < 1.29 is 53.3 Å². The molecule has 0 unspecified atom stereocenters. The van der Waals surface area contributed by atoms with Gasteiger partial charge in [0, 0.05) is 6.92 Å². The summed E-state index contributed by atoms with van der Waals surface area (Å²) in [5, 5.41) is 50.8. The van der Waals surface area contributed by atoms with Crippen LogP contribution in [0.3, 0.4) is 0 Å². The first-order chi connectivity index (χ1) is 12.2. The lowest BCUT2D eigenvalue weighted by Crippen LogP contribution is -2.67. The molecule has 0 bridgehead atoms. The second-order valence-corrected chi connectivity index (χ2v) is 6.18. The first-order valence-electron chi connectivity index (χ1n) is 7.98. The van der Waals surface area contributed by atoms with E-state index in [1.54, 1.807) is 0 Å². The Labute approximate surface area is 147 Å². The maximum absolute atomic E-state index is 13.7. The molecule has 10 atom stereocenters. The van der Waals surface area contributed by atoms with Gasteiger partial charge in [-0.15, -0.1) is 0 Å². The minimum atomic E-state index is -2.47. The van der Waals surface area contributed by atoms with E-state index in [1.807, 2.05) is 0 Å². The number of alkyl halides is 2. The predicted molar refractivity (Wildman–Crippen MR) is 78.0 cm³/mol. The van der Waals surface area contributed by atoms with Crippen LogP contribution >= 0.6 is 0 Å². The quantitative estimate of drug-likeness (QED) is 0.284. The highest BCUT2D eigenvalue weighted by molar-refractivity contribution is 5.73. The van der Waals surface area contributed by atoms with Crippen molar-refractivity contribution in [3.8, 4) is 0 Å². The topological polar surface area (TPSA) is 158 Å². The van der Waals surface area contributed by atoms with Crippen LogP contribution in [-0.2, 0) is 19.0 Å². The number of hydrogen-bond donors (Lipinski definition) is 6. The van der Waals surface area contributed by atoms with Gasteiger partial charge in [0.1, 0.15) is 42.7 Å². The van der Waals surface area contributed by atoms with E-state index < -0.39 is 80.6 Å². The fourth-order valence-corrected chi connectivity index (χ4v) is 2.93. The minimum Gasteiger partial charge on any atom is -0.394 e. The summed E-state index contributed by atoms with van der Waals surface area (Å²) in [6, 6.07) is -1.35. The third-order valence-electron chi connectivity index (χ3n) is 4.31. The molecule has 2 saturated heterocycles. The van der Waals surface area contributed by atoms with Gasteiger partial charge in [0.15, 0.2) is 12.5 Å². The summed E-state index contributed by atoms with van der Waals surface area (Å²) in [5.41, 5.74) is 0. The monoisotopic (exact) mass is 387 g/mol. The van der Waals surface area contributed by atoms with Crippen molar-refractivity contribution in [2.75, 3.05) is 13.2 Å². The fraction of sp³-hybridized carbons (Fsp3) is 0.929. The van der Waals surface area contributed by atoms with E-state index in [4.69, 9.17) is 9.47 Å². The van der Waals surface area contributed by atoms with Gasteiger partial charge < -0.3 is 45.1 Å². The van der Waals surface area contributed by atoms with Crippen LogP contribution in [0, 0.1) is 0 Å². The van der Waals surface area contributed by atoms with E-state index in [9.17, 15) is 39.1 Å². The van der Waals surface area contributed by atoms with Gasteiger partial charge in [0.25, 0.3) is 0 Å². The number of rotatable bonds is 5. The second kappa shape index (κ2) is 8.80. The van der Waals surface area contributed by atoms with Gasteiger partial charge in [-0.05, 0) is 0 Å². The van der Waals surface area contributed by atoms with Crippen LogP contribution in [0.15, 0.2) is 0 Å². The van der Waals surface area contributed by atoms with Crippen molar-refractivity contribution in [2.24, 2.45) is 0 Å². The van der Waals surface area contributed by atoms with Crippen molar-refractivity contribution in [3.63, 3.8) is 0 Å². The maximum atomic E-state index is 13.7. The Bertz CT molecular complexity index is 485. The standard InChI is InChI=1S/C14H23F2NO9/c1-4(20)17-8-11(23)9(21)5(2-18)25-14(8)26-12-6(3-19)24-13(16)7(15)10(12)22/h5-14,18-19,21-23H,2-3H2,1H3,(H,17,20)/t5-,6-,7-,8-,9-,10-,11-,12-,13-,14+/m1/s1. The van der Waals surface area contributed by atoms with E-state index in [1.165, 1.54) is 0 Å². The molecule has 10 nitrogen and oxygen atoms in total. The summed E-state index contributed by atoms with van der Waals surface area (Å²) in [6.45, 7) is -0.411. The molecule has 0 radical (unpaired) electrons. The molecule has 2 fully saturated rings. The molecular weight excluding hydrogens is 364 g/mol. The molecule has 2 heterocycles. The highest BCUT2D eigenvalue weighted by Crippen LogP contribution is 2.30. The Morgan fingerprint density at radius 2 is 1.65 bits per heavy atom. The number of amides is 1. The van der Waals surface area contributed by atoms with Crippen LogP contribution in [0.25, 0.3) is 0 Å². The fourth-order valence-electron chi connectivity index (χ4n) is 2.93. The van der Waals surface area contributed by atoms with Crippen LogP contribution in [0.1, 0.15) is 6.92 Å². The Balaban J connectivity index is 2.22. The van der Waals surface area contributed by atoms with E-state index in [0.717, 1.165) is 6.92 Å². The molecule has 26 heavy (non-hydrogen) atoms. The summed E-state index contributed by atoms with van der Waals surface area (Å²) in [7, 11) is 0. The largest absolute Gasteiger partial charge is 0.394 e. The zero-order chi connectivity index (χ0) is 19.6. The number of aliphatic hydroxyl groups is 5. The number of aliphatic hydroxyl groups excluding tert-OH is 5. The lowest BCUT2D eigenvalue weighted by molar-refractivity contribution is -0.327. The van der Waals surface area contributed by atoms with Crippen LogP contribution in [-0.4, -0.2) is 106 Å². The molecule has 2 rings (SSSR count). The number of ether oxygens (including phenoxy) is 3. The third kappa shape index (κ3) is 4.28. The second-order valence-electron chi connectivity index (χ2n) is 6.18. The first-order valence-corrected chi connectivity index (χ1v) is 7.98. The van der Waals surface area contributed by atoms with E-state index in [-0.39, 0.29) is 0 Å². The van der Waals surface area contributed by atoms with E-state index in [0.29, 0.717) is 0 Å². The van der Waals surface area contributed by atoms with Crippen molar-refractivity contribution in [2.45, 2.75) is 68.4 Å². The molecule has 6 N–H and O–H groups in total. The van der Waals surface area contributed by atoms with Gasteiger partial charge in [-0.1, -0.05) is 0 Å². The van der Waals surface area contributed by atoms with Gasteiger partial charge in [-0.2, -0.15) is 0 Å². The van der Waals surface area contributed by atoms with Crippen molar-refractivity contribution in [1.29, 1.82) is 0 Å². The highest BCUT2D eigenvalue weighted by atomic mass is 19.2. The summed E-state index contributed by atoms with van der Waals surface area (Å²) in [5.74, 6) is -0.618. The van der Waals surface area contributed by atoms with Gasteiger partial charge in [0.05, 0.1) is 13.2 Å². The molecule has 2 aliphatic heterocycles. The molecule has 0 aromatic heterocycles. The molecule has 0 aliphatic carbocycles. The van der Waals surface area contributed by atoms with Gasteiger partial charge >= 0.3 is 0 Å². The lowest BCUT2D eigenvalue weighted by atomic mass is 9.96. The van der Waals surface area contributed by atoms with Crippen LogP contribution in [0.4, 0.5) is 8.78 Å². The van der Waals surface area contributed by atoms with Crippen LogP contribution in [0.5, 0.6) is 0 Å². The van der Waals surface area contributed by atoms with Crippen molar-refractivity contribution in [1.82, 2.24) is 5.32 Å². The van der Waals surface area contributed by atoms with Gasteiger partial charge in [-0.3, -0.25) is 4.79 Å². The summed E-state index contributed by atoms with van der Waals surface area (Å²) in [6.07, 6.45) is -16.1. The Morgan fingerprint density at radius 3 is 2.19 bits per heavy atom. The highest BCUT2D eigenvalue weighted by Gasteiger charge is 2.51. The number of carbonyl (C=O) groups is 1. The molecule has 152 valence electrons. The Morgan fingerprint density at radius 1 is 1.04 bits per heavy atom. The summed E-state index contributed by atoms with van der Waals surface area (Å²) >= 11 is 0. The molecular formula is C14H23F2NO9. The van der Waals surface area contributed by atoms with Gasteiger partial charge in [0.2, 0.25) is 12.3 Å². The molecule has 0 spiro atoms. The molecule has 2 aliphatic rings.